The molecule has 3 heteroatoms. The van der Waals surface area contributed by atoms with Crippen molar-refractivity contribution in [3.8, 4) is 0 Å². The molecule has 2 aromatic rings. The predicted octanol–water partition coefficient (Wildman–Crippen LogP) is 5.29. The maximum absolute atomic E-state index is 12.1. The number of carbonyl (C=O) groups excluding carboxylic acids is 1. The topological polar surface area (TPSA) is 41.1 Å². The Morgan fingerprint density at radius 3 is 2.36 bits per heavy atom. The monoisotopic (exact) mass is 296 g/mol. The Labute approximate surface area is 132 Å². The van der Waals surface area contributed by atoms with E-state index in [0.717, 1.165) is 23.4 Å². The first-order valence-corrected chi connectivity index (χ1v) is 7.82. The van der Waals surface area contributed by atoms with Crippen molar-refractivity contribution in [1.29, 1.82) is 0 Å². The third-order valence-electron chi connectivity index (χ3n) is 3.66. The van der Waals surface area contributed by atoms with E-state index in [1.807, 2.05) is 38.1 Å². The van der Waals surface area contributed by atoms with E-state index in [1.54, 1.807) is 0 Å². The van der Waals surface area contributed by atoms with Crippen LogP contribution in [0.4, 0.5) is 16.2 Å². The van der Waals surface area contributed by atoms with Gasteiger partial charge in [0.25, 0.3) is 0 Å². The zero-order valence-corrected chi connectivity index (χ0v) is 13.6. The number of benzene rings is 2. The van der Waals surface area contributed by atoms with Crippen molar-refractivity contribution in [1.82, 2.24) is 0 Å². The number of urea groups is 1. The number of rotatable bonds is 5. The van der Waals surface area contributed by atoms with E-state index in [-0.39, 0.29) is 6.03 Å². The molecule has 2 aromatic carbocycles. The molecule has 0 bridgehead atoms. The molecular weight excluding hydrogens is 272 g/mol. The molecule has 0 aliphatic heterocycles. The first kappa shape index (κ1) is 16.1. The summed E-state index contributed by atoms with van der Waals surface area (Å²) < 4.78 is 0. The molecule has 0 unspecified atom stereocenters. The molecule has 2 amide bonds. The fourth-order valence-corrected chi connectivity index (χ4v) is 2.37. The molecule has 0 heterocycles. The summed E-state index contributed by atoms with van der Waals surface area (Å²) in [5.74, 6) is 0. The Bertz CT molecular complexity index is 632. The molecule has 0 radical (unpaired) electrons. The van der Waals surface area contributed by atoms with Crippen molar-refractivity contribution in [2.24, 2.45) is 0 Å². The van der Waals surface area contributed by atoms with Crippen LogP contribution in [0.5, 0.6) is 0 Å². The summed E-state index contributed by atoms with van der Waals surface area (Å²) in [6.45, 7) is 6.22. The Morgan fingerprint density at radius 2 is 1.73 bits per heavy atom. The highest BCUT2D eigenvalue weighted by molar-refractivity contribution is 6.00. The molecule has 0 aromatic heterocycles. The average Bonchev–Trinajstić information content (AvgIpc) is 2.49. The van der Waals surface area contributed by atoms with Crippen LogP contribution in [0, 0.1) is 13.8 Å². The van der Waals surface area contributed by atoms with E-state index in [2.05, 4.69) is 35.8 Å². The summed E-state index contributed by atoms with van der Waals surface area (Å²) in [5, 5.41) is 5.75. The third-order valence-corrected chi connectivity index (χ3v) is 3.66. The van der Waals surface area contributed by atoms with E-state index in [1.165, 1.54) is 24.0 Å². The van der Waals surface area contributed by atoms with Crippen LogP contribution in [0.15, 0.2) is 42.5 Å². The van der Waals surface area contributed by atoms with Crippen LogP contribution in [0.1, 0.15) is 36.5 Å². The first-order chi connectivity index (χ1) is 10.6. The van der Waals surface area contributed by atoms with Crippen molar-refractivity contribution >= 4 is 17.4 Å². The number of aryl methyl sites for hydroxylation is 3. The highest BCUT2D eigenvalue weighted by Gasteiger charge is 2.05. The van der Waals surface area contributed by atoms with Gasteiger partial charge in [-0.1, -0.05) is 43.2 Å². The Hall–Kier alpha value is -2.29. The highest BCUT2D eigenvalue weighted by Crippen LogP contribution is 2.17. The number of unbranched alkanes of at least 4 members (excludes halogenated alkanes) is 1. The summed E-state index contributed by atoms with van der Waals surface area (Å²) >= 11 is 0. The second-order valence-corrected chi connectivity index (χ2v) is 5.70. The van der Waals surface area contributed by atoms with Gasteiger partial charge in [-0.25, -0.2) is 4.79 Å². The fraction of sp³-hybridized carbons (Fsp3) is 0.316. The van der Waals surface area contributed by atoms with Gasteiger partial charge in [-0.15, -0.1) is 0 Å². The van der Waals surface area contributed by atoms with Gasteiger partial charge in [0.15, 0.2) is 0 Å². The molecule has 22 heavy (non-hydrogen) atoms. The predicted molar refractivity (Wildman–Crippen MR) is 93.6 cm³/mol. The SMILES string of the molecule is CCCCc1ccc(NC(=O)Nc2ccc(C)cc2C)cc1. The Kier molecular flexibility index (Phi) is 5.59. The van der Waals surface area contributed by atoms with E-state index >= 15 is 0 Å². The molecule has 0 atom stereocenters. The number of anilines is 2. The van der Waals surface area contributed by atoms with E-state index < -0.39 is 0 Å². The molecule has 0 aliphatic carbocycles. The standard InChI is InChI=1S/C19H24N2O/c1-4-5-6-16-8-10-17(11-9-16)20-19(22)21-18-12-7-14(2)13-15(18)3/h7-13H,4-6H2,1-3H3,(H2,20,21,22). The van der Waals surface area contributed by atoms with Gasteiger partial charge in [-0.05, 0) is 56.0 Å². The van der Waals surface area contributed by atoms with Gasteiger partial charge in [0.2, 0.25) is 0 Å². The summed E-state index contributed by atoms with van der Waals surface area (Å²) in [4.78, 5) is 12.1. The van der Waals surface area contributed by atoms with Crippen LogP contribution < -0.4 is 10.6 Å². The zero-order chi connectivity index (χ0) is 15.9. The van der Waals surface area contributed by atoms with Gasteiger partial charge >= 0.3 is 6.03 Å². The zero-order valence-electron chi connectivity index (χ0n) is 13.6. The lowest BCUT2D eigenvalue weighted by molar-refractivity contribution is 0.262. The molecule has 0 saturated heterocycles. The van der Waals surface area contributed by atoms with Crippen LogP contribution in [0.3, 0.4) is 0 Å². The largest absolute Gasteiger partial charge is 0.323 e. The van der Waals surface area contributed by atoms with Crippen LogP contribution in [-0.4, -0.2) is 6.03 Å². The van der Waals surface area contributed by atoms with Crippen LogP contribution in [0.25, 0.3) is 0 Å². The van der Waals surface area contributed by atoms with Crippen molar-refractivity contribution < 1.29 is 4.79 Å². The van der Waals surface area contributed by atoms with E-state index in [0.29, 0.717) is 0 Å². The fourth-order valence-electron chi connectivity index (χ4n) is 2.37. The molecule has 116 valence electrons. The lowest BCUT2D eigenvalue weighted by Crippen LogP contribution is -2.19. The van der Waals surface area contributed by atoms with Gasteiger partial charge < -0.3 is 10.6 Å². The third kappa shape index (κ3) is 4.62. The molecule has 2 rings (SSSR count). The Balaban J connectivity index is 1.94. The second kappa shape index (κ2) is 7.64. The minimum atomic E-state index is -0.215. The average molecular weight is 296 g/mol. The van der Waals surface area contributed by atoms with E-state index in [4.69, 9.17) is 0 Å². The van der Waals surface area contributed by atoms with Gasteiger partial charge in [-0.3, -0.25) is 0 Å². The molecule has 0 aliphatic rings. The van der Waals surface area contributed by atoms with Crippen molar-refractivity contribution in [2.75, 3.05) is 10.6 Å². The Morgan fingerprint density at radius 1 is 1.00 bits per heavy atom. The van der Waals surface area contributed by atoms with Crippen molar-refractivity contribution in [2.45, 2.75) is 40.0 Å². The summed E-state index contributed by atoms with van der Waals surface area (Å²) in [7, 11) is 0. The smallest absolute Gasteiger partial charge is 0.308 e. The number of hydrogen-bond acceptors (Lipinski definition) is 1. The number of nitrogens with one attached hydrogen (secondary N) is 2. The van der Waals surface area contributed by atoms with Gasteiger partial charge in [0.05, 0.1) is 0 Å². The molecule has 0 fully saturated rings. The van der Waals surface area contributed by atoms with Crippen LogP contribution in [0.2, 0.25) is 0 Å². The minimum Gasteiger partial charge on any atom is -0.308 e. The van der Waals surface area contributed by atoms with Crippen molar-refractivity contribution in [3.63, 3.8) is 0 Å². The summed E-state index contributed by atoms with van der Waals surface area (Å²) in [6.07, 6.45) is 3.48. The molecule has 0 saturated carbocycles. The maximum Gasteiger partial charge on any atom is 0.323 e. The van der Waals surface area contributed by atoms with Crippen LogP contribution in [-0.2, 0) is 6.42 Å². The number of carbonyl (C=O) groups is 1. The van der Waals surface area contributed by atoms with Gasteiger partial charge in [0, 0.05) is 11.4 Å². The lowest BCUT2D eigenvalue weighted by atomic mass is 10.1. The van der Waals surface area contributed by atoms with Gasteiger partial charge in [-0.2, -0.15) is 0 Å². The molecule has 3 nitrogen and oxygen atoms in total. The normalized spacial score (nSPS) is 10.3. The van der Waals surface area contributed by atoms with Gasteiger partial charge in [0.1, 0.15) is 0 Å². The van der Waals surface area contributed by atoms with Crippen molar-refractivity contribution in [3.05, 3.63) is 59.2 Å². The van der Waals surface area contributed by atoms with E-state index in [9.17, 15) is 4.79 Å². The second-order valence-electron chi connectivity index (χ2n) is 5.70. The van der Waals surface area contributed by atoms with Crippen LogP contribution >= 0.6 is 0 Å². The summed E-state index contributed by atoms with van der Waals surface area (Å²) in [5.41, 5.74) is 5.20. The highest BCUT2D eigenvalue weighted by atomic mass is 16.2. The molecule has 2 N–H and O–H groups in total. The lowest BCUT2D eigenvalue weighted by Gasteiger charge is -2.11. The molecular formula is C19H24N2O. The first-order valence-electron chi connectivity index (χ1n) is 7.82. The molecule has 0 spiro atoms. The maximum atomic E-state index is 12.1. The number of amides is 2. The quantitative estimate of drug-likeness (QED) is 0.773. The minimum absolute atomic E-state index is 0.215. The summed E-state index contributed by atoms with van der Waals surface area (Å²) in [6, 6.07) is 13.8. The number of hydrogen-bond donors (Lipinski definition) is 2.